The number of aromatic nitrogens is 4. The maximum absolute atomic E-state index is 6.73. The number of nitrogens with zero attached hydrogens (tertiary/aromatic N) is 4. The van der Waals surface area contributed by atoms with Crippen molar-refractivity contribution < 1.29 is 13.3 Å². The van der Waals surface area contributed by atoms with Crippen LogP contribution in [0.15, 0.2) is 256 Å². The lowest BCUT2D eigenvalue weighted by molar-refractivity contribution is 0.669. The zero-order chi connectivity index (χ0) is 49.8. The quantitative estimate of drug-likeness (QED) is 0.158. The van der Waals surface area contributed by atoms with E-state index in [1.54, 1.807) is 0 Å². The van der Waals surface area contributed by atoms with E-state index in [9.17, 15) is 0 Å². The third-order valence-corrected chi connectivity index (χ3v) is 15.1. The van der Waals surface area contributed by atoms with Crippen molar-refractivity contribution >= 4 is 87.6 Å². The molecule has 7 nitrogen and oxygen atoms in total. The van der Waals surface area contributed by atoms with Crippen molar-refractivity contribution in [1.82, 2.24) is 19.5 Å². The Hall–Kier alpha value is -10.4. The number of hydrogen-bond donors (Lipinski definition) is 0. The van der Waals surface area contributed by atoms with Gasteiger partial charge in [-0.3, -0.25) is 0 Å². The Morgan fingerprint density at radius 3 is 1.66 bits per heavy atom. The van der Waals surface area contributed by atoms with E-state index in [1.807, 2.05) is 72.8 Å². The predicted octanol–water partition coefficient (Wildman–Crippen LogP) is 18.7. The average molecular weight is 973 g/mol. The summed E-state index contributed by atoms with van der Waals surface area (Å²) >= 11 is 0. The number of rotatable bonds is 7. The molecule has 76 heavy (non-hydrogen) atoms. The maximum Gasteiger partial charge on any atom is 0.164 e. The Morgan fingerprint density at radius 2 is 0.829 bits per heavy atom. The number of furan rings is 3. The molecule has 0 atom stereocenters. The van der Waals surface area contributed by atoms with Crippen LogP contribution in [0.2, 0.25) is 0 Å². The lowest BCUT2D eigenvalue weighted by atomic mass is 9.93. The number of benzene rings is 11. The third-order valence-electron chi connectivity index (χ3n) is 15.1. The summed E-state index contributed by atoms with van der Waals surface area (Å²) in [5, 5.41) is 8.61. The van der Waals surface area contributed by atoms with Gasteiger partial charge in [-0.25, -0.2) is 15.0 Å². The lowest BCUT2D eigenvalue weighted by Gasteiger charge is -2.11. The number of fused-ring (bicyclic) bond motifs is 12. The molecule has 0 aliphatic heterocycles. The van der Waals surface area contributed by atoms with E-state index < -0.39 is 0 Å². The molecule has 0 amide bonds. The van der Waals surface area contributed by atoms with Crippen molar-refractivity contribution in [2.75, 3.05) is 0 Å². The maximum atomic E-state index is 6.73. The number of hydrogen-bond acceptors (Lipinski definition) is 6. The Labute approximate surface area is 434 Å². The van der Waals surface area contributed by atoms with Crippen molar-refractivity contribution in [1.29, 1.82) is 0 Å². The van der Waals surface area contributed by atoms with Crippen LogP contribution in [0.3, 0.4) is 0 Å². The van der Waals surface area contributed by atoms with E-state index in [2.05, 4.69) is 174 Å². The fourth-order valence-electron chi connectivity index (χ4n) is 11.5. The highest BCUT2D eigenvalue weighted by Gasteiger charge is 2.22. The number of para-hydroxylation sites is 5. The molecule has 11 aromatic carbocycles. The monoisotopic (exact) mass is 972 g/mol. The topological polar surface area (TPSA) is 83.0 Å². The second-order valence-corrected chi connectivity index (χ2v) is 19.4. The van der Waals surface area contributed by atoms with Crippen LogP contribution < -0.4 is 0 Å². The molecule has 0 aliphatic carbocycles. The summed E-state index contributed by atoms with van der Waals surface area (Å²) in [5.74, 6) is 1.69. The van der Waals surface area contributed by atoms with Crippen LogP contribution in [0.4, 0.5) is 0 Å². The van der Waals surface area contributed by atoms with Gasteiger partial charge in [-0.05, 0) is 94.5 Å². The SMILES string of the molecule is c1ccc(-c2nc(-c3ccc(-c4cccc5c4oc4ccccc45)cc3)nc(-c3cccc4oc5ccc(-c6cc(-c7ccc8c9ccccc9n(-c9ccccc9)c8c7)cc7oc8ccccc8c67)cc5c34)n2)cc1. The molecule has 0 bridgehead atoms. The summed E-state index contributed by atoms with van der Waals surface area (Å²) in [6, 6.07) is 84.5. The molecular formula is C69H40N4O3. The van der Waals surface area contributed by atoms with Gasteiger partial charge in [0.2, 0.25) is 0 Å². The Bertz CT molecular complexity index is 4990. The van der Waals surface area contributed by atoms with Crippen LogP contribution in [-0.4, -0.2) is 19.5 Å². The molecule has 5 heterocycles. The molecule has 0 radical (unpaired) electrons. The molecule has 16 rings (SSSR count). The van der Waals surface area contributed by atoms with E-state index >= 15 is 0 Å². The molecule has 0 saturated carbocycles. The fraction of sp³-hybridized carbons (Fsp3) is 0. The molecule has 16 aromatic rings. The highest BCUT2D eigenvalue weighted by atomic mass is 16.3. The zero-order valence-corrected chi connectivity index (χ0v) is 40.6. The van der Waals surface area contributed by atoms with Gasteiger partial charge in [-0.15, -0.1) is 0 Å². The largest absolute Gasteiger partial charge is 0.456 e. The highest BCUT2D eigenvalue weighted by Crippen LogP contribution is 2.45. The minimum Gasteiger partial charge on any atom is -0.456 e. The standard InChI is InChI=1S/C69H40N4O3/c1-3-15-42(16-4-1)67-70-68(43-31-29-41(30-32-43)48-22-13-23-52-51-20-8-11-26-59(51)76-66(48)52)72-69(71-67)54-24-14-28-62-65(54)56-37-45(34-36-61(56)74-62)55-38-46(40-63-64(55)53-21-9-12-27-60(53)75-63)44-33-35-50-49-19-7-10-25-57(49)73(58(50)39-44)47-17-5-2-6-18-47/h1-40H. The summed E-state index contributed by atoms with van der Waals surface area (Å²) in [6.45, 7) is 0. The van der Waals surface area contributed by atoms with Crippen molar-refractivity contribution in [3.05, 3.63) is 243 Å². The molecule has 0 fully saturated rings. The average Bonchev–Trinajstić information content (AvgIpc) is 4.26. The zero-order valence-electron chi connectivity index (χ0n) is 40.6. The van der Waals surface area contributed by atoms with E-state index in [1.165, 1.54) is 16.3 Å². The molecule has 0 N–H and O–H groups in total. The predicted molar refractivity (Wildman–Crippen MR) is 309 cm³/mol. The summed E-state index contributed by atoms with van der Waals surface area (Å²) in [4.78, 5) is 15.6. The molecule has 5 aromatic heterocycles. The van der Waals surface area contributed by atoms with E-state index in [0.29, 0.717) is 17.5 Å². The van der Waals surface area contributed by atoms with Crippen LogP contribution in [0.25, 0.3) is 161 Å². The van der Waals surface area contributed by atoms with Crippen LogP contribution in [-0.2, 0) is 0 Å². The Morgan fingerprint density at radius 1 is 0.263 bits per heavy atom. The van der Waals surface area contributed by atoms with Crippen LogP contribution in [0.5, 0.6) is 0 Å². The minimum absolute atomic E-state index is 0.548. The van der Waals surface area contributed by atoms with Gasteiger partial charge >= 0.3 is 0 Å². The first kappa shape index (κ1) is 42.2. The van der Waals surface area contributed by atoms with Gasteiger partial charge in [0.25, 0.3) is 0 Å². The summed E-state index contributed by atoms with van der Waals surface area (Å²) < 4.78 is 22.2. The molecule has 0 saturated heterocycles. The lowest BCUT2D eigenvalue weighted by Crippen LogP contribution is -2.00. The van der Waals surface area contributed by atoms with Crippen LogP contribution in [0, 0.1) is 0 Å². The first-order valence-corrected chi connectivity index (χ1v) is 25.5. The first-order valence-electron chi connectivity index (χ1n) is 25.5. The van der Waals surface area contributed by atoms with Gasteiger partial charge in [-0.2, -0.15) is 0 Å². The van der Waals surface area contributed by atoms with Crippen LogP contribution in [0.1, 0.15) is 0 Å². The second kappa shape index (κ2) is 16.6. The molecule has 354 valence electrons. The molecular weight excluding hydrogens is 933 g/mol. The van der Waals surface area contributed by atoms with Gasteiger partial charge in [0.05, 0.1) is 11.0 Å². The molecule has 0 aliphatic rings. The van der Waals surface area contributed by atoms with Gasteiger partial charge in [-0.1, -0.05) is 176 Å². The summed E-state index contributed by atoms with van der Waals surface area (Å²) in [6.07, 6.45) is 0. The van der Waals surface area contributed by atoms with Crippen LogP contribution >= 0.6 is 0 Å². The van der Waals surface area contributed by atoms with E-state index in [-0.39, 0.29) is 0 Å². The molecule has 0 spiro atoms. The molecule has 0 unspecified atom stereocenters. The van der Waals surface area contributed by atoms with E-state index in [0.717, 1.165) is 127 Å². The normalized spacial score (nSPS) is 11.9. The summed E-state index contributed by atoms with van der Waals surface area (Å²) in [5.41, 5.74) is 17.2. The third kappa shape index (κ3) is 6.59. The fourth-order valence-corrected chi connectivity index (χ4v) is 11.5. The second-order valence-electron chi connectivity index (χ2n) is 19.4. The highest BCUT2D eigenvalue weighted by molar-refractivity contribution is 6.17. The molecule has 7 heteroatoms. The van der Waals surface area contributed by atoms with Crippen molar-refractivity contribution in [2.24, 2.45) is 0 Å². The van der Waals surface area contributed by atoms with Crippen molar-refractivity contribution in [3.8, 4) is 73.2 Å². The first-order chi connectivity index (χ1) is 37.6. The minimum atomic E-state index is 0.548. The van der Waals surface area contributed by atoms with Gasteiger partial charge < -0.3 is 17.8 Å². The Balaban J connectivity index is 0.857. The Kier molecular flexibility index (Phi) is 9.20. The summed E-state index contributed by atoms with van der Waals surface area (Å²) in [7, 11) is 0. The van der Waals surface area contributed by atoms with Gasteiger partial charge in [0, 0.05) is 71.0 Å². The van der Waals surface area contributed by atoms with E-state index in [4.69, 9.17) is 28.2 Å². The smallest absolute Gasteiger partial charge is 0.164 e. The van der Waals surface area contributed by atoms with Gasteiger partial charge in [0.15, 0.2) is 17.5 Å². The van der Waals surface area contributed by atoms with Crippen molar-refractivity contribution in [3.63, 3.8) is 0 Å². The van der Waals surface area contributed by atoms with Crippen molar-refractivity contribution in [2.45, 2.75) is 0 Å². The van der Waals surface area contributed by atoms with Gasteiger partial charge in [0.1, 0.15) is 33.5 Å².